The van der Waals surface area contributed by atoms with Gasteiger partial charge in [0.25, 0.3) is 15.9 Å². The summed E-state index contributed by atoms with van der Waals surface area (Å²) in [5, 5.41) is 3.99. The first-order valence-electron chi connectivity index (χ1n) is 10.5. The molecule has 10 heteroatoms. The number of benzene rings is 3. The third kappa shape index (κ3) is 6.40. The Morgan fingerprint density at radius 3 is 2.29 bits per heavy atom. The SMILES string of the molecule is COc1cc(/C=N\NC(=O)CN(c2cc(C)cc(C)c2)S(=O)(=O)c2ccccc2)cc(Br)c1OC. The maximum Gasteiger partial charge on any atom is 0.264 e. The van der Waals surface area contributed by atoms with Crippen LogP contribution in [0.15, 0.2) is 75.1 Å². The Morgan fingerprint density at radius 2 is 1.69 bits per heavy atom. The van der Waals surface area contributed by atoms with Gasteiger partial charge < -0.3 is 9.47 Å². The molecule has 0 atom stereocenters. The number of hydrazone groups is 1. The van der Waals surface area contributed by atoms with Crippen LogP contribution < -0.4 is 19.2 Å². The van der Waals surface area contributed by atoms with E-state index in [9.17, 15) is 13.2 Å². The highest BCUT2D eigenvalue weighted by molar-refractivity contribution is 9.10. The molecule has 0 bridgehead atoms. The molecule has 0 aromatic heterocycles. The number of anilines is 1. The highest BCUT2D eigenvalue weighted by Crippen LogP contribution is 2.35. The molecule has 0 radical (unpaired) electrons. The Labute approximate surface area is 213 Å². The summed E-state index contributed by atoms with van der Waals surface area (Å²) < 4.78 is 39.2. The number of carbonyl (C=O) groups excluding carboxylic acids is 1. The zero-order chi connectivity index (χ0) is 25.6. The summed E-state index contributed by atoms with van der Waals surface area (Å²) in [5.74, 6) is 0.424. The molecule has 35 heavy (non-hydrogen) atoms. The molecule has 0 saturated heterocycles. The van der Waals surface area contributed by atoms with Crippen molar-refractivity contribution >= 4 is 43.8 Å². The molecule has 3 aromatic rings. The lowest BCUT2D eigenvalue weighted by atomic mass is 10.1. The summed E-state index contributed by atoms with van der Waals surface area (Å²) >= 11 is 3.41. The maximum absolute atomic E-state index is 13.4. The topological polar surface area (TPSA) is 97.3 Å². The summed E-state index contributed by atoms with van der Waals surface area (Å²) in [7, 11) is -0.953. The van der Waals surface area contributed by atoms with Crippen molar-refractivity contribution in [2.45, 2.75) is 18.7 Å². The molecule has 0 saturated carbocycles. The third-order valence-corrected chi connectivity index (χ3v) is 7.35. The molecule has 0 unspecified atom stereocenters. The molecule has 0 aliphatic heterocycles. The summed E-state index contributed by atoms with van der Waals surface area (Å²) in [5.41, 5.74) is 5.20. The quantitative estimate of drug-likeness (QED) is 0.309. The molecular formula is C25H26BrN3O5S. The zero-order valence-corrected chi connectivity index (χ0v) is 22.2. The fourth-order valence-corrected chi connectivity index (χ4v) is 5.53. The monoisotopic (exact) mass is 559 g/mol. The molecular weight excluding hydrogens is 534 g/mol. The number of ether oxygens (including phenoxy) is 2. The first-order valence-corrected chi connectivity index (χ1v) is 12.8. The molecule has 3 aromatic carbocycles. The number of hydrogen-bond donors (Lipinski definition) is 1. The molecule has 0 aliphatic carbocycles. The minimum absolute atomic E-state index is 0.0886. The predicted molar refractivity (Wildman–Crippen MR) is 140 cm³/mol. The van der Waals surface area contributed by atoms with Crippen LogP contribution in [0.3, 0.4) is 0 Å². The van der Waals surface area contributed by atoms with Gasteiger partial charge in [0.05, 0.1) is 35.5 Å². The van der Waals surface area contributed by atoms with Crippen LogP contribution in [0.2, 0.25) is 0 Å². The van der Waals surface area contributed by atoms with E-state index in [4.69, 9.17) is 9.47 Å². The molecule has 0 heterocycles. The Kier molecular flexibility index (Phi) is 8.52. The molecule has 3 rings (SSSR count). The van der Waals surface area contributed by atoms with Gasteiger partial charge in [-0.2, -0.15) is 5.10 Å². The van der Waals surface area contributed by atoms with Gasteiger partial charge in [-0.3, -0.25) is 9.10 Å². The molecule has 184 valence electrons. The van der Waals surface area contributed by atoms with Crippen LogP contribution in [-0.4, -0.2) is 41.3 Å². The van der Waals surface area contributed by atoms with Gasteiger partial charge in [-0.1, -0.05) is 24.3 Å². The van der Waals surface area contributed by atoms with Gasteiger partial charge in [0.2, 0.25) is 0 Å². The summed E-state index contributed by atoms with van der Waals surface area (Å²) in [6.07, 6.45) is 1.43. The van der Waals surface area contributed by atoms with Gasteiger partial charge in [-0.15, -0.1) is 0 Å². The van der Waals surface area contributed by atoms with Crippen LogP contribution in [0.4, 0.5) is 5.69 Å². The number of rotatable bonds is 9. The highest BCUT2D eigenvalue weighted by atomic mass is 79.9. The highest BCUT2D eigenvalue weighted by Gasteiger charge is 2.27. The lowest BCUT2D eigenvalue weighted by molar-refractivity contribution is -0.119. The van der Waals surface area contributed by atoms with E-state index in [1.54, 1.807) is 42.5 Å². The van der Waals surface area contributed by atoms with Crippen LogP contribution in [-0.2, 0) is 14.8 Å². The molecule has 1 amide bonds. The van der Waals surface area contributed by atoms with Crippen molar-refractivity contribution in [3.63, 3.8) is 0 Å². The minimum Gasteiger partial charge on any atom is -0.493 e. The number of sulfonamides is 1. The molecule has 0 spiro atoms. The van der Waals surface area contributed by atoms with Crippen molar-refractivity contribution < 1.29 is 22.7 Å². The van der Waals surface area contributed by atoms with Crippen molar-refractivity contribution in [3.8, 4) is 11.5 Å². The molecule has 0 aliphatic rings. The Balaban J connectivity index is 1.86. The smallest absolute Gasteiger partial charge is 0.264 e. The lowest BCUT2D eigenvalue weighted by Crippen LogP contribution is -2.39. The Bertz CT molecular complexity index is 1320. The van der Waals surface area contributed by atoms with E-state index in [2.05, 4.69) is 26.5 Å². The number of nitrogens with one attached hydrogen (secondary N) is 1. The average Bonchev–Trinajstić information content (AvgIpc) is 2.82. The number of nitrogens with zero attached hydrogens (tertiary/aromatic N) is 2. The maximum atomic E-state index is 13.4. The zero-order valence-electron chi connectivity index (χ0n) is 19.8. The van der Waals surface area contributed by atoms with Crippen LogP contribution in [0.25, 0.3) is 0 Å². The fourth-order valence-electron chi connectivity index (χ4n) is 3.49. The summed E-state index contributed by atoms with van der Waals surface area (Å²) in [6, 6.07) is 16.8. The standard InChI is InChI=1S/C25H26BrN3O5S/c1-17-10-18(2)12-20(11-17)29(35(31,32)21-8-6-5-7-9-21)16-24(30)28-27-15-19-13-22(26)25(34-4)23(14-19)33-3/h5-15H,16H2,1-4H3,(H,28,30)/b27-15-. The van der Waals surface area contributed by atoms with Crippen LogP contribution in [0, 0.1) is 13.8 Å². The first kappa shape index (κ1) is 26.2. The van der Waals surface area contributed by atoms with E-state index in [1.165, 1.54) is 32.6 Å². The van der Waals surface area contributed by atoms with Gasteiger partial charge in [0.1, 0.15) is 6.54 Å². The van der Waals surface area contributed by atoms with E-state index in [0.29, 0.717) is 27.2 Å². The van der Waals surface area contributed by atoms with Gasteiger partial charge in [0, 0.05) is 0 Å². The Hall–Kier alpha value is -3.37. The molecule has 0 fully saturated rings. The second-order valence-corrected chi connectivity index (χ2v) is 10.4. The number of methoxy groups -OCH3 is 2. The molecule has 8 nitrogen and oxygen atoms in total. The largest absolute Gasteiger partial charge is 0.493 e. The molecule has 1 N–H and O–H groups in total. The number of halogens is 1. The van der Waals surface area contributed by atoms with E-state index in [-0.39, 0.29) is 4.90 Å². The number of aryl methyl sites for hydroxylation is 2. The number of carbonyl (C=O) groups is 1. The van der Waals surface area contributed by atoms with Gasteiger partial charge in [-0.25, -0.2) is 13.8 Å². The van der Waals surface area contributed by atoms with E-state index < -0.39 is 22.5 Å². The van der Waals surface area contributed by atoms with E-state index in [1.807, 2.05) is 19.9 Å². The van der Waals surface area contributed by atoms with Crippen molar-refractivity contribution in [3.05, 3.63) is 81.8 Å². The normalized spacial score (nSPS) is 11.3. The van der Waals surface area contributed by atoms with Crippen LogP contribution in [0.5, 0.6) is 11.5 Å². The van der Waals surface area contributed by atoms with Crippen molar-refractivity contribution in [1.29, 1.82) is 0 Å². The Morgan fingerprint density at radius 1 is 1.03 bits per heavy atom. The number of amides is 1. The second kappa shape index (κ2) is 11.4. The van der Waals surface area contributed by atoms with Crippen molar-refractivity contribution in [2.24, 2.45) is 5.10 Å². The third-order valence-electron chi connectivity index (χ3n) is 4.97. The summed E-state index contributed by atoms with van der Waals surface area (Å²) in [6.45, 7) is 3.29. The second-order valence-electron chi connectivity index (χ2n) is 7.70. The first-order chi connectivity index (χ1) is 16.6. The van der Waals surface area contributed by atoms with Crippen molar-refractivity contribution in [1.82, 2.24) is 5.43 Å². The van der Waals surface area contributed by atoms with Crippen LogP contribution in [0.1, 0.15) is 16.7 Å². The van der Waals surface area contributed by atoms with Crippen molar-refractivity contribution in [2.75, 3.05) is 25.1 Å². The van der Waals surface area contributed by atoms with E-state index in [0.717, 1.165) is 15.4 Å². The van der Waals surface area contributed by atoms with Gasteiger partial charge in [-0.05, 0) is 82.9 Å². The van der Waals surface area contributed by atoms with Gasteiger partial charge >= 0.3 is 0 Å². The average molecular weight is 560 g/mol. The minimum atomic E-state index is -4.00. The van der Waals surface area contributed by atoms with Crippen LogP contribution >= 0.6 is 15.9 Å². The lowest BCUT2D eigenvalue weighted by Gasteiger charge is -2.24. The van der Waals surface area contributed by atoms with E-state index >= 15 is 0 Å². The summed E-state index contributed by atoms with van der Waals surface area (Å²) in [4.78, 5) is 12.9. The fraction of sp³-hybridized carbons (Fsp3) is 0.200. The number of hydrogen-bond acceptors (Lipinski definition) is 6. The predicted octanol–water partition coefficient (Wildman–Crippen LogP) is 4.43. The van der Waals surface area contributed by atoms with Gasteiger partial charge in [0.15, 0.2) is 11.5 Å².